The summed E-state index contributed by atoms with van der Waals surface area (Å²) in [7, 11) is 0. The summed E-state index contributed by atoms with van der Waals surface area (Å²) in [5.41, 5.74) is 13.5. The van der Waals surface area contributed by atoms with Crippen LogP contribution in [0.5, 0.6) is 17.2 Å². The molecule has 55 heavy (non-hydrogen) atoms. The number of fused-ring (bicyclic) bond motifs is 2. The van der Waals surface area contributed by atoms with Crippen LogP contribution in [0.25, 0.3) is 16.5 Å². The molecule has 0 fully saturated rings. The molecule has 288 valence electrons. The smallest absolute Gasteiger partial charge is 0.345 e. The van der Waals surface area contributed by atoms with Crippen molar-refractivity contribution in [3.8, 4) is 17.2 Å². The number of hydrogen-bond acceptors (Lipinski definition) is 9. The standard InChI is InChI=1S/C41H43N3O11/c1-20(2)36(40(49)50)54-29-14-8-11-25-24(18-26(32(25)29)34(45)38(42)47)17-16-23-10-6-7-13-28(23)53-19-44-22(5)31(35(46)39(43)48)33-27(44)12-9-15-30(33)55-37(21(3)4)41(51)52/h6-15,18,20-21,24,36-37H,16-17,19H2,1-5H3,(H2,42,47)(H2,43,48)(H,49,50)(H,51,52). The number of carboxylic acids is 2. The van der Waals surface area contributed by atoms with E-state index in [0.717, 1.165) is 5.56 Å². The highest BCUT2D eigenvalue weighted by molar-refractivity contribution is 6.53. The molecule has 0 spiro atoms. The molecule has 0 bridgehead atoms. The Morgan fingerprint density at radius 2 is 1.31 bits per heavy atom. The second-order valence-corrected chi connectivity index (χ2v) is 14.0. The van der Waals surface area contributed by atoms with Gasteiger partial charge in [-0.3, -0.25) is 19.2 Å². The highest BCUT2D eigenvalue weighted by atomic mass is 16.5. The number of Topliss-reactive ketones (excluding diaryl/α,β-unsaturated/α-hetero) is 2. The molecule has 0 aliphatic heterocycles. The lowest BCUT2D eigenvalue weighted by Crippen LogP contribution is -2.32. The first-order valence-corrected chi connectivity index (χ1v) is 17.7. The molecular formula is C41H43N3O11. The van der Waals surface area contributed by atoms with Crippen molar-refractivity contribution < 1.29 is 53.2 Å². The van der Waals surface area contributed by atoms with Gasteiger partial charge < -0.3 is 40.5 Å². The lowest BCUT2D eigenvalue weighted by atomic mass is 9.93. The van der Waals surface area contributed by atoms with Gasteiger partial charge in [-0.15, -0.1) is 0 Å². The Morgan fingerprint density at radius 3 is 1.91 bits per heavy atom. The fourth-order valence-electron chi connectivity index (χ4n) is 6.85. The number of aliphatic carboxylic acids is 2. The van der Waals surface area contributed by atoms with Gasteiger partial charge in [0.05, 0.1) is 16.5 Å². The average molecular weight is 754 g/mol. The molecule has 3 atom stereocenters. The molecule has 14 nitrogen and oxygen atoms in total. The van der Waals surface area contributed by atoms with Gasteiger partial charge in [-0.2, -0.15) is 0 Å². The van der Waals surface area contributed by atoms with Crippen LogP contribution in [0.3, 0.4) is 0 Å². The lowest BCUT2D eigenvalue weighted by Gasteiger charge is -2.21. The Hall–Kier alpha value is -6.44. The topological polar surface area (TPSA) is 228 Å². The van der Waals surface area contributed by atoms with Gasteiger partial charge in [0.25, 0.3) is 17.6 Å². The van der Waals surface area contributed by atoms with E-state index in [9.17, 15) is 39.0 Å². The summed E-state index contributed by atoms with van der Waals surface area (Å²) in [5, 5.41) is 19.8. The van der Waals surface area contributed by atoms with E-state index in [1.165, 1.54) is 6.07 Å². The number of ether oxygens (including phenoxy) is 3. The van der Waals surface area contributed by atoms with Crippen LogP contribution in [0, 0.1) is 18.8 Å². The summed E-state index contributed by atoms with van der Waals surface area (Å²) in [5.74, 6) is -7.02. The van der Waals surface area contributed by atoms with Crippen molar-refractivity contribution >= 4 is 51.8 Å². The Balaban J connectivity index is 1.46. The predicted octanol–water partition coefficient (Wildman–Crippen LogP) is 4.80. The number of carbonyl (C=O) groups is 6. The fourth-order valence-corrected chi connectivity index (χ4v) is 6.85. The zero-order valence-corrected chi connectivity index (χ0v) is 31.0. The first-order chi connectivity index (χ1) is 26.0. The first kappa shape index (κ1) is 39.8. The second kappa shape index (κ2) is 16.3. The third-order valence-electron chi connectivity index (χ3n) is 9.58. The monoisotopic (exact) mass is 753 g/mol. The molecule has 4 aromatic rings. The van der Waals surface area contributed by atoms with Crippen molar-refractivity contribution in [1.29, 1.82) is 0 Å². The van der Waals surface area contributed by atoms with E-state index in [4.69, 9.17) is 25.7 Å². The van der Waals surface area contributed by atoms with E-state index in [1.807, 2.05) is 12.1 Å². The van der Waals surface area contributed by atoms with Gasteiger partial charge in [0, 0.05) is 34.6 Å². The minimum Gasteiger partial charge on any atom is -0.478 e. The highest BCUT2D eigenvalue weighted by Gasteiger charge is 2.35. The maximum atomic E-state index is 13.2. The maximum absolute atomic E-state index is 13.2. The summed E-state index contributed by atoms with van der Waals surface area (Å²) < 4.78 is 19.8. The Bertz CT molecular complexity index is 2230. The van der Waals surface area contributed by atoms with Crippen molar-refractivity contribution in [3.63, 3.8) is 0 Å². The molecule has 1 aromatic heterocycles. The van der Waals surface area contributed by atoms with E-state index >= 15 is 0 Å². The van der Waals surface area contributed by atoms with E-state index < -0.39 is 59.4 Å². The number of nitrogens with zero attached hydrogens (tertiary/aromatic N) is 1. The molecule has 1 aliphatic rings. The van der Waals surface area contributed by atoms with Crippen LogP contribution in [0.2, 0.25) is 0 Å². The van der Waals surface area contributed by atoms with Crippen molar-refractivity contribution in [2.45, 2.75) is 72.3 Å². The summed E-state index contributed by atoms with van der Waals surface area (Å²) in [6, 6.07) is 17.2. The molecule has 0 saturated carbocycles. The number of primary amides is 2. The van der Waals surface area contributed by atoms with E-state index in [0.29, 0.717) is 40.9 Å². The van der Waals surface area contributed by atoms with Crippen LogP contribution >= 0.6 is 0 Å². The zero-order valence-electron chi connectivity index (χ0n) is 31.0. The molecule has 14 heteroatoms. The van der Waals surface area contributed by atoms with Gasteiger partial charge in [0.1, 0.15) is 17.2 Å². The molecule has 1 heterocycles. The zero-order chi connectivity index (χ0) is 40.3. The Morgan fingerprint density at radius 1 is 0.745 bits per heavy atom. The number of ketones is 2. The number of para-hydroxylation sites is 1. The van der Waals surface area contributed by atoms with Crippen molar-refractivity contribution in [1.82, 2.24) is 4.57 Å². The summed E-state index contributed by atoms with van der Waals surface area (Å²) >= 11 is 0. The average Bonchev–Trinajstić information content (AvgIpc) is 3.64. The second-order valence-electron chi connectivity index (χ2n) is 14.0. The van der Waals surface area contributed by atoms with Crippen LogP contribution < -0.4 is 25.7 Å². The minimum absolute atomic E-state index is 0.0257. The first-order valence-electron chi connectivity index (χ1n) is 17.7. The third-order valence-corrected chi connectivity index (χ3v) is 9.58. The van der Waals surface area contributed by atoms with Crippen LogP contribution in [0.1, 0.15) is 72.8 Å². The van der Waals surface area contributed by atoms with Crippen molar-refractivity contribution in [3.05, 3.63) is 94.7 Å². The third kappa shape index (κ3) is 8.08. The van der Waals surface area contributed by atoms with Gasteiger partial charge in [0.2, 0.25) is 5.78 Å². The largest absolute Gasteiger partial charge is 0.478 e. The number of rotatable bonds is 18. The van der Waals surface area contributed by atoms with Crippen LogP contribution in [0.15, 0.2) is 66.7 Å². The maximum Gasteiger partial charge on any atom is 0.345 e. The van der Waals surface area contributed by atoms with E-state index in [2.05, 4.69) is 0 Å². The van der Waals surface area contributed by atoms with Gasteiger partial charge in [-0.25, -0.2) is 9.59 Å². The molecule has 2 amide bonds. The molecule has 0 radical (unpaired) electrons. The molecular weight excluding hydrogens is 710 g/mol. The number of carboxylic acid groups (broad SMARTS) is 2. The SMILES string of the molecule is Cc1c(C(=O)C(N)=O)c2c(OC(C(=O)O)C(C)C)cccc2n1COc1ccccc1CCC1C=C(C(=O)C(N)=O)c2c(OC(C(=O)O)C(C)C)cccc21. The number of hydrogen-bond donors (Lipinski definition) is 4. The van der Waals surface area contributed by atoms with Crippen LogP contribution in [0.4, 0.5) is 0 Å². The molecule has 0 saturated heterocycles. The molecule has 1 aliphatic carbocycles. The number of allylic oxidation sites excluding steroid dienone is 1. The lowest BCUT2D eigenvalue weighted by molar-refractivity contribution is -0.148. The predicted molar refractivity (Wildman–Crippen MR) is 201 cm³/mol. The van der Waals surface area contributed by atoms with Gasteiger partial charge in [0.15, 0.2) is 18.9 Å². The molecule has 3 unspecified atom stereocenters. The summed E-state index contributed by atoms with van der Waals surface area (Å²) in [6.45, 7) is 8.28. The normalized spacial score (nSPS) is 14.6. The number of aryl methyl sites for hydroxylation is 1. The van der Waals surface area contributed by atoms with Crippen molar-refractivity contribution in [2.75, 3.05) is 0 Å². The number of aromatic nitrogens is 1. The minimum atomic E-state index is -1.23. The number of carbonyl (C=O) groups excluding carboxylic acids is 4. The fraction of sp³-hybridized carbons (Fsp3) is 0.317. The number of nitrogens with two attached hydrogens (primary N) is 2. The van der Waals surface area contributed by atoms with Gasteiger partial charge >= 0.3 is 11.9 Å². The molecule has 5 rings (SSSR count). The van der Waals surface area contributed by atoms with Gasteiger partial charge in [-0.1, -0.05) is 70.2 Å². The summed E-state index contributed by atoms with van der Waals surface area (Å²) in [6.07, 6.45) is 0.0973. The van der Waals surface area contributed by atoms with Crippen molar-refractivity contribution in [2.24, 2.45) is 23.3 Å². The van der Waals surface area contributed by atoms with E-state index in [-0.39, 0.29) is 40.7 Å². The Kier molecular flexibility index (Phi) is 11.8. The Labute approximate surface area is 316 Å². The van der Waals surface area contributed by atoms with Crippen LogP contribution in [-0.4, -0.2) is 62.3 Å². The highest BCUT2D eigenvalue weighted by Crippen LogP contribution is 2.44. The van der Waals surface area contributed by atoms with Crippen LogP contribution in [-0.2, 0) is 37.1 Å². The van der Waals surface area contributed by atoms with Gasteiger partial charge in [-0.05, 0) is 55.2 Å². The molecule has 3 aromatic carbocycles. The molecule has 6 N–H and O–H groups in total. The quantitative estimate of drug-likeness (QED) is 0.0797. The number of benzene rings is 3. The van der Waals surface area contributed by atoms with E-state index in [1.54, 1.807) is 87.7 Å². The summed E-state index contributed by atoms with van der Waals surface area (Å²) in [4.78, 5) is 74.4. The number of amides is 2.